The first kappa shape index (κ1) is 9.20. The second-order valence-electron chi connectivity index (χ2n) is 2.80. The lowest BCUT2D eigenvalue weighted by molar-refractivity contribution is 0.463. The lowest BCUT2D eigenvalue weighted by atomic mass is 10.2. The highest BCUT2D eigenvalue weighted by atomic mass is 32.1. The van der Waals surface area contributed by atoms with Crippen molar-refractivity contribution in [2.24, 2.45) is 0 Å². The maximum absolute atomic E-state index is 10.6. The van der Waals surface area contributed by atoms with E-state index in [1.54, 1.807) is 11.3 Å². The van der Waals surface area contributed by atoms with Crippen LogP contribution in [-0.2, 0) is 4.79 Å². The van der Waals surface area contributed by atoms with Crippen LogP contribution in [0.25, 0.3) is 5.57 Å². The highest BCUT2D eigenvalue weighted by Gasteiger charge is 2.04. The molecule has 0 amide bonds. The Labute approximate surface area is 76.1 Å². The SMILES string of the molecule is CN(C)CC(=C=O)c1cccs1. The molecule has 0 atom stereocenters. The molecule has 12 heavy (non-hydrogen) atoms. The summed E-state index contributed by atoms with van der Waals surface area (Å²) in [5, 5.41) is 1.96. The lowest BCUT2D eigenvalue weighted by Gasteiger charge is -2.08. The third kappa shape index (κ3) is 2.31. The Morgan fingerprint density at radius 2 is 2.42 bits per heavy atom. The summed E-state index contributed by atoms with van der Waals surface area (Å²) < 4.78 is 0. The smallest absolute Gasteiger partial charge is 0.130 e. The van der Waals surface area contributed by atoms with Crippen LogP contribution in [0.1, 0.15) is 4.88 Å². The van der Waals surface area contributed by atoms with Gasteiger partial charge in [0.05, 0.1) is 5.57 Å². The van der Waals surface area contributed by atoms with Crippen molar-refractivity contribution in [1.82, 2.24) is 4.90 Å². The predicted octanol–water partition coefficient (Wildman–Crippen LogP) is 1.52. The quantitative estimate of drug-likeness (QED) is 0.659. The van der Waals surface area contributed by atoms with Crippen molar-refractivity contribution in [3.8, 4) is 0 Å². The van der Waals surface area contributed by atoms with E-state index in [1.165, 1.54) is 0 Å². The standard InChI is InChI=1S/C9H11NOS/c1-10(2)6-8(7-11)9-4-3-5-12-9/h3-5H,6H2,1-2H3. The first-order valence-electron chi connectivity index (χ1n) is 3.66. The average Bonchev–Trinajstić information content (AvgIpc) is 2.51. The molecule has 0 unspecified atom stereocenters. The fourth-order valence-electron chi connectivity index (χ4n) is 0.927. The molecule has 64 valence electrons. The van der Waals surface area contributed by atoms with E-state index in [-0.39, 0.29) is 0 Å². The molecule has 1 aromatic heterocycles. The summed E-state index contributed by atoms with van der Waals surface area (Å²) >= 11 is 1.57. The summed E-state index contributed by atoms with van der Waals surface area (Å²) in [4.78, 5) is 13.5. The molecule has 0 aromatic carbocycles. The normalized spacial score (nSPS) is 9.92. The van der Waals surface area contributed by atoms with E-state index in [4.69, 9.17) is 0 Å². The molecule has 0 saturated carbocycles. The summed E-state index contributed by atoms with van der Waals surface area (Å²) in [5.74, 6) is 1.97. The Bertz CT molecular complexity index is 283. The largest absolute Gasteiger partial charge is 0.304 e. The van der Waals surface area contributed by atoms with E-state index in [2.05, 4.69) is 0 Å². The number of thiophene rings is 1. The molecule has 0 fully saturated rings. The number of nitrogens with zero attached hydrogens (tertiary/aromatic N) is 1. The molecule has 0 spiro atoms. The Hall–Kier alpha value is -0.890. The van der Waals surface area contributed by atoms with Gasteiger partial charge in [-0.25, -0.2) is 4.79 Å². The monoisotopic (exact) mass is 181 g/mol. The number of hydrogen-bond acceptors (Lipinski definition) is 3. The van der Waals surface area contributed by atoms with Crippen LogP contribution >= 0.6 is 11.3 Å². The average molecular weight is 181 g/mol. The van der Waals surface area contributed by atoms with Crippen LogP contribution in [0.2, 0.25) is 0 Å². The van der Waals surface area contributed by atoms with Crippen LogP contribution in [0, 0.1) is 0 Å². The van der Waals surface area contributed by atoms with E-state index in [0.29, 0.717) is 6.54 Å². The zero-order chi connectivity index (χ0) is 8.97. The second-order valence-corrected chi connectivity index (χ2v) is 3.74. The van der Waals surface area contributed by atoms with Crippen LogP contribution in [-0.4, -0.2) is 31.5 Å². The van der Waals surface area contributed by atoms with E-state index in [0.717, 1.165) is 10.5 Å². The molecule has 3 heteroatoms. The van der Waals surface area contributed by atoms with Crippen LogP contribution in [0.15, 0.2) is 17.5 Å². The summed E-state index contributed by atoms with van der Waals surface area (Å²) in [7, 11) is 3.87. The van der Waals surface area contributed by atoms with E-state index in [9.17, 15) is 4.79 Å². The Balaban J connectivity index is 2.79. The predicted molar refractivity (Wildman–Crippen MR) is 52.0 cm³/mol. The third-order valence-corrected chi connectivity index (χ3v) is 2.35. The molecule has 1 rings (SSSR count). The first-order valence-corrected chi connectivity index (χ1v) is 4.54. The summed E-state index contributed by atoms with van der Waals surface area (Å²) in [6, 6.07) is 3.88. The minimum absolute atomic E-state index is 0.657. The molecular formula is C9H11NOS. The van der Waals surface area contributed by atoms with Crippen LogP contribution < -0.4 is 0 Å². The number of carbonyl (C=O) groups excluding carboxylic acids is 1. The maximum atomic E-state index is 10.6. The van der Waals surface area contributed by atoms with Gasteiger partial charge in [-0.3, -0.25) is 0 Å². The van der Waals surface area contributed by atoms with E-state index >= 15 is 0 Å². The Morgan fingerprint density at radius 3 is 2.83 bits per heavy atom. The second kappa shape index (κ2) is 4.21. The molecule has 0 saturated heterocycles. The molecule has 0 aliphatic rings. The van der Waals surface area contributed by atoms with Gasteiger partial charge in [-0.05, 0) is 25.5 Å². The Kier molecular flexibility index (Phi) is 3.23. The number of likely N-dealkylation sites (N-methyl/N-ethyl adjacent to an activating group) is 1. The van der Waals surface area contributed by atoms with Gasteiger partial charge >= 0.3 is 0 Å². The number of rotatable bonds is 3. The van der Waals surface area contributed by atoms with Gasteiger partial charge in [0.15, 0.2) is 0 Å². The van der Waals surface area contributed by atoms with Crippen molar-refractivity contribution in [3.05, 3.63) is 22.4 Å². The van der Waals surface area contributed by atoms with Gasteiger partial charge in [0.2, 0.25) is 0 Å². The molecule has 1 heterocycles. The molecule has 1 aromatic rings. The fraction of sp³-hybridized carbons (Fsp3) is 0.333. The minimum atomic E-state index is 0.657. The first-order chi connectivity index (χ1) is 5.74. The van der Waals surface area contributed by atoms with Gasteiger partial charge in [-0.1, -0.05) is 6.07 Å². The van der Waals surface area contributed by atoms with Gasteiger partial charge in [0.1, 0.15) is 5.94 Å². The molecule has 0 aliphatic heterocycles. The minimum Gasteiger partial charge on any atom is -0.304 e. The fourth-order valence-corrected chi connectivity index (χ4v) is 1.64. The highest BCUT2D eigenvalue weighted by Crippen LogP contribution is 2.17. The van der Waals surface area contributed by atoms with Gasteiger partial charge < -0.3 is 4.90 Å². The van der Waals surface area contributed by atoms with Crippen molar-refractivity contribution in [2.75, 3.05) is 20.6 Å². The van der Waals surface area contributed by atoms with Crippen molar-refractivity contribution in [1.29, 1.82) is 0 Å². The molecule has 2 nitrogen and oxygen atoms in total. The summed E-state index contributed by atoms with van der Waals surface area (Å²) in [5.41, 5.74) is 0.731. The summed E-state index contributed by atoms with van der Waals surface area (Å²) in [6.45, 7) is 0.657. The van der Waals surface area contributed by atoms with Crippen molar-refractivity contribution >= 4 is 22.9 Å². The van der Waals surface area contributed by atoms with Crippen molar-refractivity contribution in [2.45, 2.75) is 0 Å². The highest BCUT2D eigenvalue weighted by molar-refractivity contribution is 7.11. The van der Waals surface area contributed by atoms with Crippen molar-refractivity contribution in [3.63, 3.8) is 0 Å². The van der Waals surface area contributed by atoms with Crippen LogP contribution in [0.3, 0.4) is 0 Å². The Morgan fingerprint density at radius 1 is 1.67 bits per heavy atom. The van der Waals surface area contributed by atoms with Gasteiger partial charge in [0, 0.05) is 11.4 Å². The lowest BCUT2D eigenvalue weighted by Crippen LogP contribution is -2.14. The van der Waals surface area contributed by atoms with Gasteiger partial charge in [0.25, 0.3) is 0 Å². The van der Waals surface area contributed by atoms with Gasteiger partial charge in [-0.2, -0.15) is 0 Å². The van der Waals surface area contributed by atoms with Crippen LogP contribution in [0.5, 0.6) is 0 Å². The van der Waals surface area contributed by atoms with E-state index in [1.807, 2.05) is 42.4 Å². The molecule has 0 radical (unpaired) electrons. The van der Waals surface area contributed by atoms with Gasteiger partial charge in [-0.15, -0.1) is 11.3 Å². The molecule has 0 bridgehead atoms. The van der Waals surface area contributed by atoms with Crippen LogP contribution in [0.4, 0.5) is 0 Å². The zero-order valence-corrected chi connectivity index (χ0v) is 8.02. The zero-order valence-electron chi connectivity index (χ0n) is 7.20. The topological polar surface area (TPSA) is 20.3 Å². The maximum Gasteiger partial charge on any atom is 0.130 e. The van der Waals surface area contributed by atoms with Crippen molar-refractivity contribution < 1.29 is 4.79 Å². The molecule has 0 N–H and O–H groups in total. The number of hydrogen-bond donors (Lipinski definition) is 0. The molecular weight excluding hydrogens is 170 g/mol. The summed E-state index contributed by atoms with van der Waals surface area (Å²) in [6.07, 6.45) is 0. The third-order valence-electron chi connectivity index (χ3n) is 1.42. The van der Waals surface area contributed by atoms with E-state index < -0.39 is 0 Å². The molecule has 0 aliphatic carbocycles.